The Balaban J connectivity index is 1.69. The molecule has 0 heterocycles. The minimum Gasteiger partial charge on any atom is -0.330 e. The molecule has 4 rings (SSSR count). The first-order chi connectivity index (χ1) is 8.47. The van der Waals surface area contributed by atoms with Gasteiger partial charge in [0.25, 0.3) is 0 Å². The first-order valence-corrected chi connectivity index (χ1v) is 7.88. The van der Waals surface area contributed by atoms with Crippen LogP contribution in [0.1, 0.15) is 58.8 Å². The molecule has 18 heavy (non-hydrogen) atoms. The second kappa shape index (κ2) is 4.21. The maximum Gasteiger partial charge on any atom is 0.000833 e. The second-order valence-corrected chi connectivity index (χ2v) is 8.45. The molecule has 2 heteroatoms. The number of hydrogen-bond donors (Lipinski definition) is 2. The molecule has 4 saturated carbocycles. The lowest BCUT2D eigenvalue weighted by molar-refractivity contribution is -0.143. The van der Waals surface area contributed by atoms with E-state index in [1.807, 2.05) is 0 Å². The van der Waals surface area contributed by atoms with E-state index in [1.54, 1.807) is 0 Å². The quantitative estimate of drug-likeness (QED) is 0.736. The Morgan fingerprint density at radius 3 is 2.28 bits per heavy atom. The summed E-state index contributed by atoms with van der Waals surface area (Å²) in [5.41, 5.74) is 7.51. The van der Waals surface area contributed by atoms with E-state index < -0.39 is 0 Å². The van der Waals surface area contributed by atoms with E-state index in [2.05, 4.69) is 19.2 Å². The molecule has 0 aromatic rings. The summed E-state index contributed by atoms with van der Waals surface area (Å²) in [6, 6.07) is 0. The molecule has 4 aliphatic carbocycles. The average molecular weight is 250 g/mol. The third kappa shape index (κ3) is 2.22. The fraction of sp³-hybridized carbons (Fsp3) is 1.00. The molecule has 0 aromatic heterocycles. The van der Waals surface area contributed by atoms with Crippen molar-refractivity contribution in [2.45, 2.75) is 58.8 Å². The summed E-state index contributed by atoms with van der Waals surface area (Å²) < 4.78 is 0. The minimum atomic E-state index is 0.623. The zero-order valence-electron chi connectivity index (χ0n) is 12.2. The van der Waals surface area contributed by atoms with Crippen molar-refractivity contribution in [2.75, 3.05) is 19.6 Å². The molecule has 0 radical (unpaired) electrons. The van der Waals surface area contributed by atoms with Crippen LogP contribution in [0, 0.1) is 22.2 Å². The first kappa shape index (κ1) is 12.9. The van der Waals surface area contributed by atoms with Crippen molar-refractivity contribution in [1.82, 2.24) is 5.32 Å². The second-order valence-electron chi connectivity index (χ2n) is 8.45. The summed E-state index contributed by atoms with van der Waals surface area (Å²) in [4.78, 5) is 0. The van der Waals surface area contributed by atoms with Crippen molar-refractivity contribution < 1.29 is 0 Å². The molecule has 4 aliphatic rings. The van der Waals surface area contributed by atoms with Gasteiger partial charge in [0.2, 0.25) is 0 Å². The van der Waals surface area contributed by atoms with Crippen LogP contribution in [0.3, 0.4) is 0 Å². The maximum atomic E-state index is 5.58. The highest BCUT2D eigenvalue weighted by molar-refractivity contribution is 5.10. The van der Waals surface area contributed by atoms with E-state index in [-0.39, 0.29) is 0 Å². The molecule has 2 atom stereocenters. The average Bonchev–Trinajstić information content (AvgIpc) is 2.19. The predicted molar refractivity (Wildman–Crippen MR) is 76.4 cm³/mol. The lowest BCUT2D eigenvalue weighted by atomic mass is 9.40. The largest absolute Gasteiger partial charge is 0.330 e. The summed E-state index contributed by atoms with van der Waals surface area (Å²) in [6.45, 7) is 8.29. The molecule has 3 N–H and O–H groups in total. The predicted octanol–water partition coefficient (Wildman–Crippen LogP) is 2.92. The van der Waals surface area contributed by atoms with Crippen LogP contribution in [-0.2, 0) is 0 Å². The van der Waals surface area contributed by atoms with Crippen molar-refractivity contribution in [2.24, 2.45) is 27.9 Å². The third-order valence-electron chi connectivity index (χ3n) is 5.80. The Morgan fingerprint density at radius 2 is 1.72 bits per heavy atom. The van der Waals surface area contributed by atoms with Crippen LogP contribution < -0.4 is 11.1 Å². The molecule has 4 fully saturated rings. The number of hydrogen-bond acceptors (Lipinski definition) is 2. The molecule has 0 aromatic carbocycles. The van der Waals surface area contributed by atoms with Gasteiger partial charge in [-0.1, -0.05) is 13.8 Å². The van der Waals surface area contributed by atoms with Crippen LogP contribution in [0.5, 0.6) is 0 Å². The summed E-state index contributed by atoms with van der Waals surface area (Å²) in [5.74, 6) is 1.02. The van der Waals surface area contributed by atoms with Gasteiger partial charge >= 0.3 is 0 Å². The van der Waals surface area contributed by atoms with Crippen LogP contribution in [0.25, 0.3) is 0 Å². The number of nitrogens with one attached hydrogen (secondary N) is 1. The molecule has 0 saturated heterocycles. The third-order valence-corrected chi connectivity index (χ3v) is 5.80. The van der Waals surface area contributed by atoms with E-state index in [0.717, 1.165) is 25.4 Å². The van der Waals surface area contributed by atoms with Gasteiger partial charge in [-0.05, 0) is 80.2 Å². The number of rotatable bonds is 5. The molecule has 4 bridgehead atoms. The molecule has 0 spiro atoms. The molecular formula is C16H30N2. The minimum absolute atomic E-state index is 0.623. The maximum absolute atomic E-state index is 5.58. The Bertz CT molecular complexity index is 307. The Hall–Kier alpha value is -0.0800. The van der Waals surface area contributed by atoms with Crippen LogP contribution >= 0.6 is 0 Å². The van der Waals surface area contributed by atoms with Crippen LogP contribution in [0.2, 0.25) is 0 Å². The van der Waals surface area contributed by atoms with Gasteiger partial charge in [0.1, 0.15) is 0 Å². The molecule has 0 aliphatic heterocycles. The fourth-order valence-corrected chi connectivity index (χ4v) is 6.46. The number of nitrogens with two attached hydrogens (primary N) is 1. The van der Waals surface area contributed by atoms with E-state index >= 15 is 0 Å². The van der Waals surface area contributed by atoms with Gasteiger partial charge in [0.05, 0.1) is 0 Å². The van der Waals surface area contributed by atoms with Crippen molar-refractivity contribution in [3.63, 3.8) is 0 Å². The zero-order valence-corrected chi connectivity index (χ0v) is 12.2. The topological polar surface area (TPSA) is 38.0 Å². The lowest BCUT2D eigenvalue weighted by Gasteiger charge is -2.65. The van der Waals surface area contributed by atoms with Crippen LogP contribution in [0.4, 0.5) is 0 Å². The van der Waals surface area contributed by atoms with E-state index in [4.69, 9.17) is 5.73 Å². The highest BCUT2D eigenvalue weighted by Gasteiger charge is 2.59. The highest BCUT2D eigenvalue weighted by Crippen LogP contribution is 2.69. The Kier molecular flexibility index (Phi) is 3.02. The normalized spacial score (nSPS) is 49.8. The molecule has 2 nitrogen and oxygen atoms in total. The molecule has 104 valence electrons. The smallest absolute Gasteiger partial charge is 0.000833 e. The standard InChI is InChI=1S/C16H30N2/c1-14-6-13-7-15(2,9-14)11-16(8-13,10-14)12-18-5-3-4-17/h13,18H,3-12,17H2,1-2H3. The van der Waals surface area contributed by atoms with E-state index in [1.165, 1.54) is 45.1 Å². The summed E-state index contributed by atoms with van der Waals surface area (Å²) in [7, 11) is 0. The highest BCUT2D eigenvalue weighted by atomic mass is 14.9. The monoisotopic (exact) mass is 250 g/mol. The van der Waals surface area contributed by atoms with E-state index in [9.17, 15) is 0 Å². The van der Waals surface area contributed by atoms with Gasteiger partial charge in [-0.2, -0.15) is 0 Å². The van der Waals surface area contributed by atoms with E-state index in [0.29, 0.717) is 16.2 Å². The zero-order chi connectivity index (χ0) is 12.9. The SMILES string of the molecule is CC12CC3CC(C)(C1)CC(CNCCCN)(C3)C2. The van der Waals surface area contributed by atoms with Crippen molar-refractivity contribution >= 4 is 0 Å². The summed E-state index contributed by atoms with van der Waals surface area (Å²) in [6.07, 6.45) is 10.1. The van der Waals surface area contributed by atoms with Gasteiger partial charge in [0, 0.05) is 6.54 Å². The Labute approximate surface area is 112 Å². The van der Waals surface area contributed by atoms with Gasteiger partial charge in [-0.3, -0.25) is 0 Å². The first-order valence-electron chi connectivity index (χ1n) is 7.88. The van der Waals surface area contributed by atoms with Gasteiger partial charge in [-0.15, -0.1) is 0 Å². The molecular weight excluding hydrogens is 220 g/mol. The van der Waals surface area contributed by atoms with Gasteiger partial charge in [0.15, 0.2) is 0 Å². The van der Waals surface area contributed by atoms with Crippen molar-refractivity contribution in [3.05, 3.63) is 0 Å². The molecule has 0 amide bonds. The summed E-state index contributed by atoms with van der Waals surface area (Å²) in [5, 5.41) is 3.70. The summed E-state index contributed by atoms with van der Waals surface area (Å²) >= 11 is 0. The van der Waals surface area contributed by atoms with Crippen LogP contribution in [-0.4, -0.2) is 19.6 Å². The van der Waals surface area contributed by atoms with Gasteiger partial charge < -0.3 is 11.1 Å². The van der Waals surface area contributed by atoms with Crippen LogP contribution in [0.15, 0.2) is 0 Å². The van der Waals surface area contributed by atoms with Crippen molar-refractivity contribution in [3.8, 4) is 0 Å². The fourth-order valence-electron chi connectivity index (χ4n) is 6.46. The Morgan fingerprint density at radius 1 is 1.06 bits per heavy atom. The lowest BCUT2D eigenvalue weighted by Crippen LogP contribution is -2.57. The van der Waals surface area contributed by atoms with Gasteiger partial charge in [-0.25, -0.2) is 0 Å². The van der Waals surface area contributed by atoms with Crippen molar-refractivity contribution in [1.29, 1.82) is 0 Å². The molecule has 2 unspecified atom stereocenters.